The molecule has 0 spiro atoms. The molecule has 0 unspecified atom stereocenters. The summed E-state index contributed by atoms with van der Waals surface area (Å²) < 4.78 is 0. The standard InChI is InChI=1S/C20H30N2O2/c1-4-21(19-12-8-9-16(2)15-19)20(24)13-14-22(17(3)23)18-10-6-5-7-11-18/h8-9,12,15,18H,4-7,10-11,13-14H2,1-3H3. The first-order valence-corrected chi connectivity index (χ1v) is 9.17. The maximum Gasteiger partial charge on any atom is 0.228 e. The van der Waals surface area contributed by atoms with Crippen LogP contribution in [0.15, 0.2) is 24.3 Å². The van der Waals surface area contributed by atoms with Gasteiger partial charge in [0, 0.05) is 38.2 Å². The van der Waals surface area contributed by atoms with E-state index in [1.807, 2.05) is 47.9 Å². The maximum atomic E-state index is 12.7. The summed E-state index contributed by atoms with van der Waals surface area (Å²) in [6, 6.07) is 8.33. The molecular weight excluding hydrogens is 300 g/mol. The number of amides is 2. The minimum atomic E-state index is 0.0881. The molecule has 2 rings (SSSR count). The molecule has 0 atom stereocenters. The lowest BCUT2D eigenvalue weighted by Gasteiger charge is -2.34. The molecule has 132 valence electrons. The molecular formula is C20H30N2O2. The molecule has 1 aliphatic carbocycles. The molecule has 0 aromatic heterocycles. The van der Waals surface area contributed by atoms with Crippen LogP contribution in [0.3, 0.4) is 0 Å². The molecule has 4 nitrogen and oxygen atoms in total. The van der Waals surface area contributed by atoms with Gasteiger partial charge >= 0.3 is 0 Å². The molecule has 1 fully saturated rings. The molecule has 24 heavy (non-hydrogen) atoms. The Balaban J connectivity index is 1.99. The van der Waals surface area contributed by atoms with E-state index in [-0.39, 0.29) is 11.8 Å². The molecule has 0 radical (unpaired) electrons. The molecule has 1 saturated carbocycles. The van der Waals surface area contributed by atoms with Crippen molar-refractivity contribution < 1.29 is 9.59 Å². The quantitative estimate of drug-likeness (QED) is 0.793. The zero-order chi connectivity index (χ0) is 17.5. The van der Waals surface area contributed by atoms with Crippen LogP contribution in [-0.2, 0) is 9.59 Å². The van der Waals surface area contributed by atoms with E-state index in [9.17, 15) is 9.59 Å². The zero-order valence-corrected chi connectivity index (χ0v) is 15.3. The normalized spacial score (nSPS) is 15.1. The summed E-state index contributed by atoms with van der Waals surface area (Å²) >= 11 is 0. The molecule has 0 bridgehead atoms. The summed E-state index contributed by atoms with van der Waals surface area (Å²) in [5.74, 6) is 0.179. The predicted molar refractivity (Wildman–Crippen MR) is 98.1 cm³/mol. The van der Waals surface area contributed by atoms with Crippen LogP contribution in [0.5, 0.6) is 0 Å². The topological polar surface area (TPSA) is 40.6 Å². The van der Waals surface area contributed by atoms with E-state index in [0.717, 1.165) is 24.1 Å². The van der Waals surface area contributed by atoms with Crippen molar-refractivity contribution in [1.29, 1.82) is 0 Å². The van der Waals surface area contributed by atoms with Gasteiger partial charge in [0.15, 0.2) is 0 Å². The van der Waals surface area contributed by atoms with E-state index in [1.165, 1.54) is 19.3 Å². The first-order valence-electron chi connectivity index (χ1n) is 9.17. The van der Waals surface area contributed by atoms with Crippen molar-refractivity contribution in [2.24, 2.45) is 0 Å². The number of hydrogen-bond donors (Lipinski definition) is 0. The number of benzene rings is 1. The van der Waals surface area contributed by atoms with Gasteiger partial charge in [0.1, 0.15) is 0 Å². The first kappa shape index (κ1) is 18.5. The highest BCUT2D eigenvalue weighted by Gasteiger charge is 2.24. The first-order chi connectivity index (χ1) is 11.5. The molecule has 1 aromatic carbocycles. The average molecular weight is 330 g/mol. The molecule has 0 N–H and O–H groups in total. The number of rotatable bonds is 6. The summed E-state index contributed by atoms with van der Waals surface area (Å²) in [7, 11) is 0. The number of hydrogen-bond acceptors (Lipinski definition) is 2. The second kappa shape index (κ2) is 8.86. The minimum Gasteiger partial charge on any atom is -0.339 e. The van der Waals surface area contributed by atoms with E-state index in [1.54, 1.807) is 6.92 Å². The summed E-state index contributed by atoms with van der Waals surface area (Å²) in [5.41, 5.74) is 2.08. The number of nitrogens with zero attached hydrogens (tertiary/aromatic N) is 2. The van der Waals surface area contributed by atoms with Gasteiger partial charge in [0.25, 0.3) is 0 Å². The van der Waals surface area contributed by atoms with Crippen molar-refractivity contribution in [3.05, 3.63) is 29.8 Å². The van der Waals surface area contributed by atoms with Gasteiger partial charge in [-0.1, -0.05) is 31.4 Å². The predicted octanol–water partition coefficient (Wildman–Crippen LogP) is 3.92. The van der Waals surface area contributed by atoms with Crippen molar-refractivity contribution in [2.45, 2.75) is 65.3 Å². The highest BCUT2D eigenvalue weighted by molar-refractivity contribution is 5.93. The zero-order valence-electron chi connectivity index (χ0n) is 15.3. The lowest BCUT2D eigenvalue weighted by molar-refractivity contribution is -0.132. The van der Waals surface area contributed by atoms with Gasteiger partial charge in [0.05, 0.1) is 0 Å². The summed E-state index contributed by atoms with van der Waals surface area (Å²) in [6.45, 7) is 6.82. The minimum absolute atomic E-state index is 0.0881. The Morgan fingerprint density at radius 1 is 1.17 bits per heavy atom. The fourth-order valence-electron chi connectivity index (χ4n) is 3.64. The summed E-state index contributed by atoms with van der Waals surface area (Å²) in [6.07, 6.45) is 6.17. The van der Waals surface area contributed by atoms with Gasteiger partial charge in [-0.15, -0.1) is 0 Å². The third-order valence-electron chi connectivity index (χ3n) is 4.92. The van der Waals surface area contributed by atoms with Gasteiger partial charge < -0.3 is 9.80 Å². The van der Waals surface area contributed by atoms with Gasteiger partial charge in [0.2, 0.25) is 11.8 Å². The lowest BCUT2D eigenvalue weighted by Crippen LogP contribution is -2.43. The summed E-state index contributed by atoms with van der Waals surface area (Å²) in [4.78, 5) is 28.4. The Labute approximate surface area is 145 Å². The maximum absolute atomic E-state index is 12.7. The molecule has 0 heterocycles. The number of anilines is 1. The van der Waals surface area contributed by atoms with Gasteiger partial charge in [-0.2, -0.15) is 0 Å². The second-order valence-electron chi connectivity index (χ2n) is 6.73. The number of carbonyl (C=O) groups excluding carboxylic acids is 2. The van der Waals surface area contributed by atoms with E-state index in [0.29, 0.717) is 25.6 Å². The Morgan fingerprint density at radius 2 is 1.88 bits per heavy atom. The van der Waals surface area contributed by atoms with Crippen molar-refractivity contribution in [3.63, 3.8) is 0 Å². The van der Waals surface area contributed by atoms with E-state index in [2.05, 4.69) is 0 Å². The Hall–Kier alpha value is -1.84. The van der Waals surface area contributed by atoms with Crippen molar-refractivity contribution in [2.75, 3.05) is 18.0 Å². The van der Waals surface area contributed by atoms with Crippen LogP contribution in [0.1, 0.15) is 57.9 Å². The third kappa shape index (κ3) is 4.83. The summed E-state index contributed by atoms with van der Waals surface area (Å²) in [5, 5.41) is 0. The van der Waals surface area contributed by atoms with Gasteiger partial charge in [-0.25, -0.2) is 0 Å². The Kier molecular flexibility index (Phi) is 6.83. The second-order valence-corrected chi connectivity index (χ2v) is 6.73. The van der Waals surface area contributed by atoms with Crippen LogP contribution in [0.25, 0.3) is 0 Å². The number of aryl methyl sites for hydroxylation is 1. The molecule has 1 aromatic rings. The third-order valence-corrected chi connectivity index (χ3v) is 4.92. The van der Waals surface area contributed by atoms with Crippen LogP contribution in [0.2, 0.25) is 0 Å². The number of carbonyl (C=O) groups is 2. The fourth-order valence-corrected chi connectivity index (χ4v) is 3.64. The van der Waals surface area contributed by atoms with E-state index < -0.39 is 0 Å². The van der Waals surface area contributed by atoms with Crippen LogP contribution in [-0.4, -0.2) is 35.8 Å². The van der Waals surface area contributed by atoms with Gasteiger partial charge in [-0.3, -0.25) is 9.59 Å². The van der Waals surface area contributed by atoms with Crippen LogP contribution < -0.4 is 4.90 Å². The van der Waals surface area contributed by atoms with Crippen molar-refractivity contribution in [3.8, 4) is 0 Å². The van der Waals surface area contributed by atoms with Crippen molar-refractivity contribution in [1.82, 2.24) is 4.90 Å². The largest absolute Gasteiger partial charge is 0.339 e. The van der Waals surface area contributed by atoms with Crippen molar-refractivity contribution >= 4 is 17.5 Å². The highest BCUT2D eigenvalue weighted by Crippen LogP contribution is 2.23. The molecule has 4 heteroatoms. The molecule has 0 saturated heterocycles. The molecule has 1 aliphatic rings. The van der Waals surface area contributed by atoms with Crippen LogP contribution in [0.4, 0.5) is 5.69 Å². The fraction of sp³-hybridized carbons (Fsp3) is 0.600. The van der Waals surface area contributed by atoms with E-state index >= 15 is 0 Å². The Bertz CT molecular complexity index is 565. The Morgan fingerprint density at radius 3 is 2.46 bits per heavy atom. The molecule has 0 aliphatic heterocycles. The van der Waals surface area contributed by atoms with Crippen LogP contribution in [0, 0.1) is 6.92 Å². The SMILES string of the molecule is CCN(C(=O)CCN(C(C)=O)C1CCCCC1)c1cccc(C)c1. The molecule has 2 amide bonds. The average Bonchev–Trinajstić information content (AvgIpc) is 2.56. The monoisotopic (exact) mass is 330 g/mol. The lowest BCUT2D eigenvalue weighted by atomic mass is 9.94. The smallest absolute Gasteiger partial charge is 0.228 e. The van der Waals surface area contributed by atoms with Gasteiger partial charge in [-0.05, 0) is 44.4 Å². The van der Waals surface area contributed by atoms with E-state index in [4.69, 9.17) is 0 Å². The van der Waals surface area contributed by atoms with Crippen LogP contribution >= 0.6 is 0 Å². The highest BCUT2D eigenvalue weighted by atomic mass is 16.2.